The lowest BCUT2D eigenvalue weighted by molar-refractivity contribution is 1.05. The monoisotopic (exact) mass is 203 g/mol. The van der Waals surface area contributed by atoms with Crippen molar-refractivity contribution in [3.8, 4) is 11.3 Å². The SMILES string of the molecule is Nc1ccc(-c2ccc(S)cc2)nn1. The molecule has 1 aromatic heterocycles. The molecule has 3 nitrogen and oxygen atoms in total. The van der Waals surface area contributed by atoms with Crippen molar-refractivity contribution in [3.05, 3.63) is 36.4 Å². The zero-order valence-corrected chi connectivity index (χ0v) is 8.28. The molecule has 0 amide bonds. The van der Waals surface area contributed by atoms with Gasteiger partial charge in [0.2, 0.25) is 0 Å². The fourth-order valence-electron chi connectivity index (χ4n) is 1.13. The van der Waals surface area contributed by atoms with Crippen molar-refractivity contribution in [3.63, 3.8) is 0 Å². The highest BCUT2D eigenvalue weighted by molar-refractivity contribution is 7.80. The normalized spacial score (nSPS) is 10.1. The van der Waals surface area contributed by atoms with E-state index in [2.05, 4.69) is 22.8 Å². The molecule has 0 saturated heterocycles. The Bertz CT molecular complexity index is 379. The van der Waals surface area contributed by atoms with Gasteiger partial charge in [0.15, 0.2) is 0 Å². The molecule has 2 aromatic rings. The van der Waals surface area contributed by atoms with Crippen LogP contribution in [0.15, 0.2) is 41.3 Å². The minimum atomic E-state index is 0.430. The topological polar surface area (TPSA) is 51.8 Å². The standard InChI is InChI=1S/C10H9N3S/c11-10-6-5-9(12-13-10)7-1-3-8(14)4-2-7/h1-6,14H,(H2,11,13). The van der Waals surface area contributed by atoms with Crippen LogP contribution >= 0.6 is 12.6 Å². The number of anilines is 1. The smallest absolute Gasteiger partial charge is 0.146 e. The van der Waals surface area contributed by atoms with Gasteiger partial charge in [-0.15, -0.1) is 22.8 Å². The summed E-state index contributed by atoms with van der Waals surface area (Å²) in [6.07, 6.45) is 0. The average Bonchev–Trinajstić information content (AvgIpc) is 2.21. The molecule has 2 N–H and O–H groups in total. The van der Waals surface area contributed by atoms with Crippen LogP contribution in [0.4, 0.5) is 5.82 Å². The fraction of sp³-hybridized carbons (Fsp3) is 0. The summed E-state index contributed by atoms with van der Waals surface area (Å²) in [4.78, 5) is 0.928. The predicted octanol–water partition coefficient (Wildman–Crippen LogP) is 2.01. The second-order valence-electron chi connectivity index (χ2n) is 2.89. The van der Waals surface area contributed by atoms with Crippen LogP contribution in [0.2, 0.25) is 0 Å². The molecule has 2 rings (SSSR count). The van der Waals surface area contributed by atoms with Crippen molar-refractivity contribution in [1.82, 2.24) is 10.2 Å². The second-order valence-corrected chi connectivity index (χ2v) is 3.41. The molecular formula is C10H9N3S. The van der Waals surface area contributed by atoms with Crippen LogP contribution in [0.25, 0.3) is 11.3 Å². The molecule has 70 valence electrons. The Kier molecular flexibility index (Phi) is 2.37. The number of nitrogens with two attached hydrogens (primary N) is 1. The number of nitrogen functional groups attached to an aromatic ring is 1. The molecule has 0 saturated carbocycles. The summed E-state index contributed by atoms with van der Waals surface area (Å²) in [6.45, 7) is 0. The fourth-order valence-corrected chi connectivity index (χ4v) is 1.28. The Balaban J connectivity index is 2.40. The molecule has 0 fully saturated rings. The van der Waals surface area contributed by atoms with Crippen LogP contribution in [0, 0.1) is 0 Å². The van der Waals surface area contributed by atoms with E-state index in [-0.39, 0.29) is 0 Å². The lowest BCUT2D eigenvalue weighted by Gasteiger charge is -1.99. The molecule has 1 aromatic carbocycles. The van der Waals surface area contributed by atoms with E-state index >= 15 is 0 Å². The third kappa shape index (κ3) is 1.85. The van der Waals surface area contributed by atoms with Gasteiger partial charge in [-0.05, 0) is 24.3 Å². The number of hydrogen-bond acceptors (Lipinski definition) is 4. The van der Waals surface area contributed by atoms with Crippen LogP contribution in [0.3, 0.4) is 0 Å². The van der Waals surface area contributed by atoms with Gasteiger partial charge in [0.25, 0.3) is 0 Å². The number of aromatic nitrogens is 2. The minimum absolute atomic E-state index is 0.430. The van der Waals surface area contributed by atoms with Crippen LogP contribution in [0.1, 0.15) is 0 Å². The molecule has 0 bridgehead atoms. The first-order valence-electron chi connectivity index (χ1n) is 4.14. The molecule has 0 radical (unpaired) electrons. The summed E-state index contributed by atoms with van der Waals surface area (Å²) in [5.74, 6) is 0.430. The summed E-state index contributed by atoms with van der Waals surface area (Å²) in [7, 11) is 0. The number of benzene rings is 1. The third-order valence-corrected chi connectivity index (χ3v) is 2.15. The van der Waals surface area contributed by atoms with E-state index in [0.29, 0.717) is 5.82 Å². The molecule has 0 aliphatic rings. The highest BCUT2D eigenvalue weighted by Gasteiger charge is 1.98. The van der Waals surface area contributed by atoms with Gasteiger partial charge >= 0.3 is 0 Å². The molecule has 1 heterocycles. The van der Waals surface area contributed by atoms with E-state index in [0.717, 1.165) is 16.2 Å². The quantitative estimate of drug-likeness (QED) is 0.697. The first kappa shape index (κ1) is 9.02. The molecule has 0 spiro atoms. The predicted molar refractivity (Wildman–Crippen MR) is 59.1 cm³/mol. The number of hydrogen-bond donors (Lipinski definition) is 2. The number of thiol groups is 1. The zero-order chi connectivity index (χ0) is 9.97. The van der Waals surface area contributed by atoms with E-state index in [9.17, 15) is 0 Å². The Hall–Kier alpha value is -1.55. The number of rotatable bonds is 1. The summed E-state index contributed by atoms with van der Waals surface area (Å²) >= 11 is 4.20. The minimum Gasteiger partial charge on any atom is -0.382 e. The summed E-state index contributed by atoms with van der Waals surface area (Å²) < 4.78 is 0. The number of nitrogens with zero attached hydrogens (tertiary/aromatic N) is 2. The Morgan fingerprint density at radius 3 is 2.21 bits per heavy atom. The maximum absolute atomic E-state index is 5.44. The van der Waals surface area contributed by atoms with Crippen LogP contribution < -0.4 is 5.73 Å². The van der Waals surface area contributed by atoms with E-state index in [1.54, 1.807) is 6.07 Å². The Morgan fingerprint density at radius 1 is 0.929 bits per heavy atom. The van der Waals surface area contributed by atoms with E-state index in [1.165, 1.54) is 0 Å². The zero-order valence-electron chi connectivity index (χ0n) is 7.38. The lowest BCUT2D eigenvalue weighted by Crippen LogP contribution is -1.93. The van der Waals surface area contributed by atoms with E-state index in [1.807, 2.05) is 30.3 Å². The van der Waals surface area contributed by atoms with E-state index < -0.39 is 0 Å². The molecule has 0 atom stereocenters. The van der Waals surface area contributed by atoms with Crippen LogP contribution in [-0.2, 0) is 0 Å². The van der Waals surface area contributed by atoms with Gasteiger partial charge in [-0.3, -0.25) is 0 Å². The van der Waals surface area contributed by atoms with Crippen LogP contribution in [-0.4, -0.2) is 10.2 Å². The van der Waals surface area contributed by atoms with Crippen LogP contribution in [0.5, 0.6) is 0 Å². The molecular weight excluding hydrogens is 194 g/mol. The maximum Gasteiger partial charge on any atom is 0.146 e. The Morgan fingerprint density at radius 2 is 1.64 bits per heavy atom. The first-order chi connectivity index (χ1) is 6.75. The van der Waals surface area contributed by atoms with Crippen molar-refractivity contribution in [2.75, 3.05) is 5.73 Å². The highest BCUT2D eigenvalue weighted by Crippen LogP contribution is 2.18. The van der Waals surface area contributed by atoms with Gasteiger partial charge < -0.3 is 5.73 Å². The van der Waals surface area contributed by atoms with Gasteiger partial charge in [-0.2, -0.15) is 0 Å². The van der Waals surface area contributed by atoms with Gasteiger partial charge in [-0.1, -0.05) is 12.1 Å². The summed E-state index contributed by atoms with van der Waals surface area (Å²) in [6, 6.07) is 11.3. The largest absolute Gasteiger partial charge is 0.382 e. The molecule has 0 unspecified atom stereocenters. The second kappa shape index (κ2) is 3.67. The van der Waals surface area contributed by atoms with Crippen molar-refractivity contribution in [1.29, 1.82) is 0 Å². The van der Waals surface area contributed by atoms with Gasteiger partial charge in [0.1, 0.15) is 5.82 Å². The van der Waals surface area contributed by atoms with Gasteiger partial charge in [0, 0.05) is 10.5 Å². The van der Waals surface area contributed by atoms with Crippen molar-refractivity contribution in [2.45, 2.75) is 4.90 Å². The van der Waals surface area contributed by atoms with Gasteiger partial charge in [0.05, 0.1) is 5.69 Å². The summed E-state index contributed by atoms with van der Waals surface area (Å²) in [5, 5.41) is 7.76. The molecule has 4 heteroatoms. The summed E-state index contributed by atoms with van der Waals surface area (Å²) in [5.41, 5.74) is 7.27. The third-order valence-electron chi connectivity index (χ3n) is 1.85. The molecule has 0 aliphatic heterocycles. The van der Waals surface area contributed by atoms with Gasteiger partial charge in [-0.25, -0.2) is 0 Å². The average molecular weight is 203 g/mol. The molecule has 0 aliphatic carbocycles. The van der Waals surface area contributed by atoms with Crippen molar-refractivity contribution in [2.24, 2.45) is 0 Å². The lowest BCUT2D eigenvalue weighted by atomic mass is 10.1. The van der Waals surface area contributed by atoms with E-state index in [4.69, 9.17) is 5.73 Å². The Labute approximate surface area is 87.4 Å². The maximum atomic E-state index is 5.44. The van der Waals surface area contributed by atoms with Crippen molar-refractivity contribution < 1.29 is 0 Å². The van der Waals surface area contributed by atoms with Crippen molar-refractivity contribution >= 4 is 18.4 Å². The highest BCUT2D eigenvalue weighted by atomic mass is 32.1. The first-order valence-corrected chi connectivity index (χ1v) is 4.59. The molecule has 14 heavy (non-hydrogen) atoms.